The van der Waals surface area contributed by atoms with Crippen molar-refractivity contribution in [3.8, 4) is 0 Å². The van der Waals surface area contributed by atoms with Crippen molar-refractivity contribution in [3.63, 3.8) is 0 Å². The van der Waals surface area contributed by atoms with Crippen molar-refractivity contribution in [1.29, 1.82) is 0 Å². The lowest BCUT2D eigenvalue weighted by atomic mass is 9.73. The van der Waals surface area contributed by atoms with Gasteiger partial charge in [-0.15, -0.1) is 0 Å². The minimum Gasteiger partial charge on any atom is -0.382 e. The molecule has 94 valence electrons. The van der Waals surface area contributed by atoms with Crippen LogP contribution in [0.5, 0.6) is 0 Å². The Kier molecular flexibility index (Phi) is 4.54. The van der Waals surface area contributed by atoms with Crippen LogP contribution in [0.1, 0.15) is 12.0 Å². The Hall–Kier alpha value is -0.900. The molecule has 0 spiro atoms. The molecule has 17 heavy (non-hydrogen) atoms. The zero-order valence-electron chi connectivity index (χ0n) is 10.4. The molecule has 1 aliphatic heterocycles. The Morgan fingerprint density at radius 2 is 1.88 bits per heavy atom. The van der Waals surface area contributed by atoms with Crippen LogP contribution in [0, 0.1) is 0 Å². The second-order valence-corrected chi connectivity index (χ2v) is 4.61. The summed E-state index contributed by atoms with van der Waals surface area (Å²) >= 11 is 0. The third kappa shape index (κ3) is 3.06. The Morgan fingerprint density at radius 1 is 1.12 bits per heavy atom. The van der Waals surface area contributed by atoms with E-state index in [9.17, 15) is 0 Å². The molecule has 0 aliphatic carbocycles. The summed E-state index contributed by atoms with van der Waals surface area (Å²) in [5, 5.41) is 3.37. The molecule has 1 aromatic rings. The van der Waals surface area contributed by atoms with Crippen molar-refractivity contribution in [2.45, 2.75) is 11.8 Å². The van der Waals surface area contributed by atoms with Crippen LogP contribution in [0.2, 0.25) is 0 Å². The highest BCUT2D eigenvalue weighted by atomic mass is 16.5. The maximum atomic E-state index is 5.57. The van der Waals surface area contributed by atoms with Crippen LogP contribution in [0.15, 0.2) is 30.3 Å². The lowest BCUT2D eigenvalue weighted by Gasteiger charge is -2.43. The highest BCUT2D eigenvalue weighted by Gasteiger charge is 2.37. The molecule has 0 bridgehead atoms. The largest absolute Gasteiger partial charge is 0.382 e. The number of ether oxygens (including phenoxy) is 2. The van der Waals surface area contributed by atoms with Gasteiger partial charge in [0.1, 0.15) is 0 Å². The number of hydrogen-bond donors (Lipinski definition) is 1. The molecule has 0 saturated carbocycles. The molecule has 2 rings (SSSR count). The number of methoxy groups -OCH3 is 1. The summed E-state index contributed by atoms with van der Waals surface area (Å²) in [5.41, 5.74) is 1.71. The predicted octanol–water partition coefficient (Wildman–Crippen LogP) is 1.58. The van der Waals surface area contributed by atoms with Crippen molar-refractivity contribution < 1.29 is 9.47 Å². The lowest BCUT2D eigenvalue weighted by molar-refractivity contribution is 0.0546. The summed E-state index contributed by atoms with van der Waals surface area (Å²) in [4.78, 5) is 0. The van der Waals surface area contributed by atoms with E-state index >= 15 is 0 Å². The smallest absolute Gasteiger partial charge is 0.0700 e. The van der Waals surface area contributed by atoms with Gasteiger partial charge in [0, 0.05) is 32.2 Å². The molecule has 0 radical (unpaired) electrons. The van der Waals surface area contributed by atoms with E-state index in [2.05, 4.69) is 35.6 Å². The monoisotopic (exact) mass is 235 g/mol. The molecule has 3 heteroatoms. The van der Waals surface area contributed by atoms with Crippen molar-refractivity contribution in [2.24, 2.45) is 0 Å². The van der Waals surface area contributed by atoms with E-state index in [1.807, 2.05) is 0 Å². The molecule has 1 saturated heterocycles. The van der Waals surface area contributed by atoms with Gasteiger partial charge in [0.15, 0.2) is 0 Å². The Balaban J connectivity index is 1.84. The SMILES string of the molecule is COCCOCCC1(c2ccccc2)CNC1. The molecule has 1 heterocycles. The number of hydrogen-bond acceptors (Lipinski definition) is 3. The second-order valence-electron chi connectivity index (χ2n) is 4.61. The van der Waals surface area contributed by atoms with E-state index in [0.29, 0.717) is 13.2 Å². The molecule has 1 N–H and O–H groups in total. The Morgan fingerprint density at radius 3 is 2.47 bits per heavy atom. The van der Waals surface area contributed by atoms with Crippen LogP contribution < -0.4 is 5.32 Å². The lowest BCUT2D eigenvalue weighted by Crippen LogP contribution is -2.57. The van der Waals surface area contributed by atoms with Crippen LogP contribution in [-0.4, -0.2) is 40.0 Å². The molecule has 0 aromatic heterocycles. The third-order valence-electron chi connectivity index (χ3n) is 3.47. The number of benzene rings is 1. The van der Waals surface area contributed by atoms with E-state index < -0.39 is 0 Å². The molecular formula is C14H21NO2. The van der Waals surface area contributed by atoms with Crippen molar-refractivity contribution >= 4 is 0 Å². The fourth-order valence-corrected chi connectivity index (χ4v) is 2.26. The van der Waals surface area contributed by atoms with Crippen LogP contribution in [0.4, 0.5) is 0 Å². The van der Waals surface area contributed by atoms with Crippen LogP contribution in [0.25, 0.3) is 0 Å². The molecule has 3 nitrogen and oxygen atoms in total. The van der Waals surface area contributed by atoms with Crippen LogP contribution in [0.3, 0.4) is 0 Å². The zero-order chi connectivity index (χ0) is 12.0. The molecule has 1 aromatic carbocycles. The Bertz CT molecular complexity index is 322. The molecule has 1 fully saturated rings. The maximum absolute atomic E-state index is 5.57. The first-order chi connectivity index (χ1) is 8.37. The first-order valence-electron chi connectivity index (χ1n) is 6.20. The summed E-state index contributed by atoms with van der Waals surface area (Å²) < 4.78 is 10.5. The maximum Gasteiger partial charge on any atom is 0.0700 e. The first-order valence-corrected chi connectivity index (χ1v) is 6.20. The summed E-state index contributed by atoms with van der Waals surface area (Å²) in [5.74, 6) is 0. The van der Waals surface area contributed by atoms with Gasteiger partial charge in [-0.3, -0.25) is 0 Å². The van der Waals surface area contributed by atoms with E-state index in [1.54, 1.807) is 7.11 Å². The predicted molar refractivity (Wildman–Crippen MR) is 68.3 cm³/mol. The highest BCUT2D eigenvalue weighted by Crippen LogP contribution is 2.31. The summed E-state index contributed by atoms with van der Waals surface area (Å²) in [7, 11) is 1.70. The van der Waals surface area contributed by atoms with E-state index in [4.69, 9.17) is 9.47 Å². The highest BCUT2D eigenvalue weighted by molar-refractivity contribution is 5.29. The van der Waals surface area contributed by atoms with Gasteiger partial charge in [-0.25, -0.2) is 0 Å². The zero-order valence-corrected chi connectivity index (χ0v) is 10.4. The fraction of sp³-hybridized carbons (Fsp3) is 0.571. The van der Waals surface area contributed by atoms with Crippen LogP contribution in [-0.2, 0) is 14.9 Å². The number of rotatable bonds is 7. The summed E-state index contributed by atoms with van der Waals surface area (Å²) in [6.07, 6.45) is 1.08. The molecule has 0 atom stereocenters. The molecule has 0 amide bonds. The fourth-order valence-electron chi connectivity index (χ4n) is 2.26. The average Bonchev–Trinajstić information content (AvgIpc) is 2.33. The van der Waals surface area contributed by atoms with Crippen molar-refractivity contribution in [3.05, 3.63) is 35.9 Å². The topological polar surface area (TPSA) is 30.5 Å². The van der Waals surface area contributed by atoms with Gasteiger partial charge in [0.05, 0.1) is 13.2 Å². The van der Waals surface area contributed by atoms with E-state index in [0.717, 1.165) is 26.1 Å². The van der Waals surface area contributed by atoms with Crippen molar-refractivity contribution in [1.82, 2.24) is 5.32 Å². The summed E-state index contributed by atoms with van der Waals surface area (Å²) in [6, 6.07) is 10.7. The molecular weight excluding hydrogens is 214 g/mol. The minimum atomic E-state index is 0.286. The van der Waals surface area contributed by atoms with Gasteiger partial charge in [-0.2, -0.15) is 0 Å². The van der Waals surface area contributed by atoms with Gasteiger partial charge in [0.2, 0.25) is 0 Å². The normalized spacial score (nSPS) is 17.7. The molecule has 1 aliphatic rings. The standard InChI is InChI=1S/C14H21NO2/c1-16-9-10-17-8-7-14(11-15-12-14)13-5-3-2-4-6-13/h2-6,15H,7-12H2,1H3. The first kappa shape index (κ1) is 12.6. The number of nitrogens with one attached hydrogen (secondary N) is 1. The van der Waals surface area contributed by atoms with Crippen LogP contribution >= 0.6 is 0 Å². The average molecular weight is 235 g/mol. The molecule has 0 unspecified atom stereocenters. The van der Waals surface area contributed by atoms with Gasteiger partial charge < -0.3 is 14.8 Å². The van der Waals surface area contributed by atoms with Gasteiger partial charge in [-0.05, 0) is 12.0 Å². The van der Waals surface area contributed by atoms with Gasteiger partial charge in [-0.1, -0.05) is 30.3 Å². The van der Waals surface area contributed by atoms with Gasteiger partial charge >= 0.3 is 0 Å². The Labute approximate surface area is 103 Å². The van der Waals surface area contributed by atoms with Gasteiger partial charge in [0.25, 0.3) is 0 Å². The van der Waals surface area contributed by atoms with Crippen molar-refractivity contribution in [2.75, 3.05) is 40.0 Å². The second kappa shape index (κ2) is 6.15. The minimum absolute atomic E-state index is 0.286. The third-order valence-corrected chi connectivity index (χ3v) is 3.47. The summed E-state index contributed by atoms with van der Waals surface area (Å²) in [6.45, 7) is 4.29. The van der Waals surface area contributed by atoms with E-state index in [1.165, 1.54) is 5.56 Å². The van der Waals surface area contributed by atoms with E-state index in [-0.39, 0.29) is 5.41 Å². The quantitative estimate of drug-likeness (QED) is 0.728.